The van der Waals surface area contributed by atoms with E-state index >= 15 is 0 Å². The van der Waals surface area contributed by atoms with Crippen LogP contribution in [-0.2, 0) is 10.0 Å². The van der Waals surface area contributed by atoms with Crippen LogP contribution in [0.25, 0.3) is 0 Å². The second-order valence-corrected chi connectivity index (χ2v) is 10.3. The predicted molar refractivity (Wildman–Crippen MR) is 133 cm³/mol. The summed E-state index contributed by atoms with van der Waals surface area (Å²) in [6.45, 7) is 1.77. The van der Waals surface area contributed by atoms with E-state index in [1.54, 1.807) is 30.5 Å². The average Bonchev–Trinajstić information content (AvgIpc) is 2.81. The molecule has 2 aliphatic heterocycles. The Morgan fingerprint density at radius 2 is 2.12 bits per heavy atom. The molecule has 4 bridgehead atoms. The number of nitrogens with one attached hydrogen (secondary N) is 3. The Labute approximate surface area is 199 Å². The average molecular weight is 487 g/mol. The summed E-state index contributed by atoms with van der Waals surface area (Å²) in [5.74, 6) is 0.520. The van der Waals surface area contributed by atoms with Crippen molar-refractivity contribution >= 4 is 39.1 Å². The molecule has 0 aliphatic carbocycles. The van der Waals surface area contributed by atoms with Crippen LogP contribution in [0.15, 0.2) is 42.6 Å². The van der Waals surface area contributed by atoms with Gasteiger partial charge in [-0.25, -0.2) is 13.4 Å². The first kappa shape index (κ1) is 24.0. The zero-order valence-corrected chi connectivity index (χ0v) is 19.7. The summed E-state index contributed by atoms with van der Waals surface area (Å²) in [7, 11) is -3.69. The van der Waals surface area contributed by atoms with Gasteiger partial charge >= 0.3 is 0 Å². The maximum absolute atomic E-state index is 13.3. The van der Waals surface area contributed by atoms with Crippen LogP contribution in [0.3, 0.4) is 0 Å². The van der Waals surface area contributed by atoms with Crippen LogP contribution in [0, 0.1) is 5.92 Å². The Kier molecular flexibility index (Phi) is 7.63. The van der Waals surface area contributed by atoms with E-state index in [0.717, 1.165) is 38.8 Å². The standard InChI is InChI=1S/C23H30N6O4S/c30-13-14-34(32,33)28-18-7-8-19-20(15-18)29-12-4-6-17(16-29)5-2-1-3-10-24-23-25-11-9-21(27-23)26-22(19)31/h1-2,7-9,11,15,17,28,30H,3-6,10,12-14,16H2,(H2,24,25,26,27,31)/b2-1-/t17-/m1/s1. The van der Waals surface area contributed by atoms with E-state index in [1.165, 1.54) is 0 Å². The number of benzene rings is 1. The fourth-order valence-electron chi connectivity index (χ4n) is 4.25. The highest BCUT2D eigenvalue weighted by molar-refractivity contribution is 7.92. The zero-order valence-electron chi connectivity index (χ0n) is 18.9. The lowest BCUT2D eigenvalue weighted by atomic mass is 9.93. The van der Waals surface area contributed by atoms with Crippen molar-refractivity contribution in [3.8, 4) is 0 Å². The first-order chi connectivity index (χ1) is 16.4. The number of aromatic nitrogens is 2. The lowest BCUT2D eigenvalue weighted by molar-refractivity contribution is 0.102. The molecule has 182 valence electrons. The van der Waals surface area contributed by atoms with Gasteiger partial charge in [-0.2, -0.15) is 4.98 Å². The van der Waals surface area contributed by atoms with Gasteiger partial charge in [-0.15, -0.1) is 0 Å². The third-order valence-corrected chi connectivity index (χ3v) is 7.13. The van der Waals surface area contributed by atoms with Gasteiger partial charge in [-0.05, 0) is 55.9 Å². The number of anilines is 4. The molecule has 10 nitrogen and oxygen atoms in total. The molecule has 1 amide bonds. The quantitative estimate of drug-likeness (QED) is 0.484. The lowest BCUT2D eigenvalue weighted by Crippen LogP contribution is -2.36. The van der Waals surface area contributed by atoms with Crippen molar-refractivity contribution in [3.05, 3.63) is 48.2 Å². The number of piperidine rings is 1. The molecular formula is C23H30N6O4S. The van der Waals surface area contributed by atoms with Crippen LogP contribution < -0.4 is 20.3 Å². The number of hydrogen-bond acceptors (Lipinski definition) is 8. The van der Waals surface area contributed by atoms with Crippen molar-refractivity contribution in [1.29, 1.82) is 0 Å². The summed E-state index contributed by atoms with van der Waals surface area (Å²) in [5, 5.41) is 15.0. The SMILES string of the molecule is O=C1Nc2ccnc(n2)NCC/C=C\C[C@@H]2CCCN(C2)c2cc(NS(=O)(=O)CCO)ccc21. The molecule has 4 rings (SSSR count). The summed E-state index contributed by atoms with van der Waals surface area (Å²) in [6.07, 6.45) is 9.80. The number of carbonyl (C=O) groups is 1. The predicted octanol–water partition coefficient (Wildman–Crippen LogP) is 2.44. The van der Waals surface area contributed by atoms with E-state index in [2.05, 4.69) is 42.4 Å². The third kappa shape index (κ3) is 6.23. The molecule has 34 heavy (non-hydrogen) atoms. The Morgan fingerprint density at radius 3 is 2.97 bits per heavy atom. The Bertz CT molecular complexity index is 1150. The summed E-state index contributed by atoms with van der Waals surface area (Å²) in [6, 6.07) is 6.50. The summed E-state index contributed by atoms with van der Waals surface area (Å²) in [4.78, 5) is 24.0. The normalized spacial score (nSPS) is 20.0. The summed E-state index contributed by atoms with van der Waals surface area (Å²) >= 11 is 0. The van der Waals surface area contributed by atoms with Crippen LogP contribution in [0.5, 0.6) is 0 Å². The highest BCUT2D eigenvalue weighted by atomic mass is 32.2. The topological polar surface area (TPSA) is 137 Å². The van der Waals surface area contributed by atoms with Crippen molar-refractivity contribution in [3.63, 3.8) is 0 Å². The van der Waals surface area contributed by atoms with Gasteiger partial charge in [-0.3, -0.25) is 9.52 Å². The van der Waals surface area contributed by atoms with Crippen molar-refractivity contribution in [2.75, 3.05) is 52.2 Å². The van der Waals surface area contributed by atoms with Gasteiger partial charge in [0.15, 0.2) is 0 Å². The fourth-order valence-corrected chi connectivity index (χ4v) is 5.08. The smallest absolute Gasteiger partial charge is 0.258 e. The van der Waals surface area contributed by atoms with Crippen LogP contribution >= 0.6 is 0 Å². The van der Waals surface area contributed by atoms with Gasteiger partial charge in [0.05, 0.1) is 29.3 Å². The van der Waals surface area contributed by atoms with Crippen LogP contribution in [-0.4, -0.2) is 61.4 Å². The minimum atomic E-state index is -3.69. The number of carbonyl (C=O) groups excluding carboxylic acids is 1. The monoisotopic (exact) mass is 486 g/mol. The lowest BCUT2D eigenvalue weighted by Gasteiger charge is -2.35. The minimum Gasteiger partial charge on any atom is -0.395 e. The number of nitrogens with zero attached hydrogens (tertiary/aromatic N) is 3. The second kappa shape index (κ2) is 10.8. The van der Waals surface area contributed by atoms with E-state index in [-0.39, 0.29) is 5.91 Å². The van der Waals surface area contributed by atoms with Crippen molar-refractivity contribution < 1.29 is 18.3 Å². The first-order valence-electron chi connectivity index (χ1n) is 11.5. The summed E-state index contributed by atoms with van der Waals surface area (Å²) in [5.41, 5.74) is 1.45. The van der Waals surface area contributed by atoms with Gasteiger partial charge < -0.3 is 20.6 Å². The van der Waals surface area contributed by atoms with Gasteiger partial charge in [0.25, 0.3) is 5.91 Å². The molecule has 11 heteroatoms. The number of rotatable bonds is 4. The van der Waals surface area contributed by atoms with Gasteiger partial charge in [0.1, 0.15) is 5.82 Å². The van der Waals surface area contributed by atoms with E-state index < -0.39 is 22.4 Å². The van der Waals surface area contributed by atoms with Crippen molar-refractivity contribution in [2.45, 2.75) is 25.7 Å². The number of aliphatic hydroxyl groups is 1. The number of fused-ring (bicyclic) bond motifs is 6. The second-order valence-electron chi connectivity index (χ2n) is 8.47. The number of amides is 1. The highest BCUT2D eigenvalue weighted by Gasteiger charge is 2.24. The van der Waals surface area contributed by atoms with Crippen molar-refractivity contribution in [1.82, 2.24) is 9.97 Å². The molecule has 1 aromatic heterocycles. The fraction of sp³-hybridized carbons (Fsp3) is 0.435. The molecular weight excluding hydrogens is 456 g/mol. The molecule has 1 aromatic carbocycles. The van der Waals surface area contributed by atoms with Gasteiger partial charge in [0, 0.05) is 25.8 Å². The number of hydrogen-bond donors (Lipinski definition) is 4. The molecule has 0 saturated carbocycles. The van der Waals surface area contributed by atoms with Gasteiger partial charge in [0.2, 0.25) is 16.0 Å². The Balaban J connectivity index is 1.70. The summed E-state index contributed by atoms with van der Waals surface area (Å²) < 4.78 is 26.9. The molecule has 1 atom stereocenters. The first-order valence-corrected chi connectivity index (χ1v) is 13.1. The maximum atomic E-state index is 13.3. The molecule has 4 N–H and O–H groups in total. The third-order valence-electron chi connectivity index (χ3n) is 5.86. The molecule has 0 spiro atoms. The molecule has 1 fully saturated rings. The van der Waals surface area contributed by atoms with Crippen molar-refractivity contribution in [2.24, 2.45) is 5.92 Å². The molecule has 0 radical (unpaired) electrons. The van der Waals surface area contributed by atoms with E-state index in [9.17, 15) is 13.2 Å². The molecule has 3 heterocycles. The maximum Gasteiger partial charge on any atom is 0.258 e. The minimum absolute atomic E-state index is 0.335. The van der Waals surface area contributed by atoms with E-state index in [0.29, 0.717) is 41.2 Å². The highest BCUT2D eigenvalue weighted by Crippen LogP contribution is 2.31. The molecule has 0 unspecified atom stereocenters. The number of allylic oxidation sites excluding steroid dienone is 1. The zero-order chi connectivity index (χ0) is 24.0. The van der Waals surface area contributed by atoms with E-state index in [1.807, 2.05) is 0 Å². The molecule has 2 aromatic rings. The molecule has 2 aliphatic rings. The Hall–Kier alpha value is -3.18. The van der Waals surface area contributed by atoms with Crippen LogP contribution in [0.2, 0.25) is 0 Å². The van der Waals surface area contributed by atoms with E-state index in [4.69, 9.17) is 5.11 Å². The Morgan fingerprint density at radius 1 is 1.24 bits per heavy atom. The van der Waals surface area contributed by atoms with Gasteiger partial charge in [-0.1, -0.05) is 12.2 Å². The number of sulfonamides is 1. The largest absolute Gasteiger partial charge is 0.395 e. The van der Waals surface area contributed by atoms with Crippen LogP contribution in [0.4, 0.5) is 23.1 Å². The number of aliphatic hydroxyl groups excluding tert-OH is 1. The van der Waals surface area contributed by atoms with Crippen LogP contribution in [0.1, 0.15) is 36.0 Å². The molecule has 1 saturated heterocycles.